The fourth-order valence-corrected chi connectivity index (χ4v) is 1.76. The molecule has 0 saturated heterocycles. The van der Waals surface area contributed by atoms with Crippen molar-refractivity contribution in [3.8, 4) is 0 Å². The van der Waals surface area contributed by atoms with Gasteiger partial charge in [0.05, 0.1) is 5.56 Å². The minimum atomic E-state index is -0.142. The number of aryl methyl sites for hydroxylation is 1. The first kappa shape index (κ1) is 12.2. The molecule has 3 heteroatoms. The van der Waals surface area contributed by atoms with E-state index in [1.165, 1.54) is 0 Å². The van der Waals surface area contributed by atoms with E-state index in [-0.39, 0.29) is 5.91 Å². The monoisotopic (exact) mass is 240 g/mol. The van der Waals surface area contributed by atoms with Crippen LogP contribution < -0.4 is 11.1 Å². The van der Waals surface area contributed by atoms with Crippen LogP contribution in [0.25, 0.3) is 0 Å². The maximum atomic E-state index is 12.0. The number of hydrogen-bond acceptors (Lipinski definition) is 2. The number of nitrogens with two attached hydrogens (primary N) is 1. The van der Waals surface area contributed by atoms with Gasteiger partial charge in [-0.15, -0.1) is 0 Å². The van der Waals surface area contributed by atoms with Crippen LogP contribution in [0.2, 0.25) is 0 Å². The lowest BCUT2D eigenvalue weighted by Crippen LogP contribution is -2.23. The molecule has 18 heavy (non-hydrogen) atoms. The molecule has 0 aromatic heterocycles. The molecule has 2 rings (SSSR count). The molecule has 2 aromatic rings. The number of hydrogen-bond donors (Lipinski definition) is 2. The number of anilines is 1. The summed E-state index contributed by atoms with van der Waals surface area (Å²) in [6.07, 6.45) is 0. The highest BCUT2D eigenvalue weighted by molar-refractivity contribution is 5.99. The summed E-state index contributed by atoms with van der Waals surface area (Å²) in [5, 5.41) is 2.86. The van der Waals surface area contributed by atoms with Crippen LogP contribution in [0.15, 0.2) is 48.5 Å². The summed E-state index contributed by atoms with van der Waals surface area (Å²) >= 11 is 0. The summed E-state index contributed by atoms with van der Waals surface area (Å²) in [6, 6.07) is 15.2. The third-order valence-corrected chi connectivity index (χ3v) is 2.75. The quantitative estimate of drug-likeness (QED) is 0.810. The first-order valence-electron chi connectivity index (χ1n) is 5.85. The molecular formula is C15H16N2O. The first-order chi connectivity index (χ1) is 8.66. The third kappa shape index (κ3) is 2.88. The lowest BCUT2D eigenvalue weighted by Gasteiger charge is -2.08. The van der Waals surface area contributed by atoms with E-state index < -0.39 is 0 Å². The molecule has 0 fully saturated rings. The van der Waals surface area contributed by atoms with E-state index in [1.807, 2.05) is 43.3 Å². The Balaban J connectivity index is 2.04. The van der Waals surface area contributed by atoms with Gasteiger partial charge >= 0.3 is 0 Å². The Bertz CT molecular complexity index is 550. The average molecular weight is 240 g/mol. The lowest BCUT2D eigenvalue weighted by molar-refractivity contribution is 0.0952. The average Bonchev–Trinajstić information content (AvgIpc) is 2.37. The van der Waals surface area contributed by atoms with Crippen LogP contribution in [0.5, 0.6) is 0 Å². The van der Waals surface area contributed by atoms with Crippen molar-refractivity contribution in [1.82, 2.24) is 5.32 Å². The van der Waals surface area contributed by atoms with Gasteiger partial charge in [-0.25, -0.2) is 0 Å². The van der Waals surface area contributed by atoms with Crippen LogP contribution in [-0.2, 0) is 6.54 Å². The van der Waals surface area contributed by atoms with Crippen molar-refractivity contribution in [3.63, 3.8) is 0 Å². The molecule has 0 atom stereocenters. The number of nitrogen functional groups attached to an aromatic ring is 1. The van der Waals surface area contributed by atoms with Crippen molar-refractivity contribution < 1.29 is 4.79 Å². The fraction of sp³-hybridized carbons (Fsp3) is 0.133. The summed E-state index contributed by atoms with van der Waals surface area (Å²) in [7, 11) is 0. The molecule has 0 aliphatic rings. The first-order valence-corrected chi connectivity index (χ1v) is 5.85. The van der Waals surface area contributed by atoms with E-state index in [9.17, 15) is 4.79 Å². The second-order valence-corrected chi connectivity index (χ2v) is 4.26. The van der Waals surface area contributed by atoms with Crippen molar-refractivity contribution in [2.24, 2.45) is 0 Å². The minimum absolute atomic E-state index is 0.142. The number of carbonyl (C=O) groups is 1. The predicted molar refractivity (Wildman–Crippen MR) is 73.2 cm³/mol. The van der Waals surface area contributed by atoms with Crippen molar-refractivity contribution in [2.75, 3.05) is 5.73 Å². The van der Waals surface area contributed by atoms with E-state index in [1.54, 1.807) is 12.1 Å². The predicted octanol–water partition coefficient (Wildman–Crippen LogP) is 2.51. The van der Waals surface area contributed by atoms with Crippen LogP contribution in [0.1, 0.15) is 21.5 Å². The molecule has 0 bridgehead atoms. The molecule has 1 amide bonds. The Morgan fingerprint density at radius 2 is 1.89 bits per heavy atom. The molecule has 2 aromatic carbocycles. The molecular weight excluding hydrogens is 224 g/mol. The van der Waals surface area contributed by atoms with Gasteiger partial charge in [0, 0.05) is 12.2 Å². The van der Waals surface area contributed by atoms with E-state index in [0.29, 0.717) is 17.8 Å². The maximum absolute atomic E-state index is 12.0. The molecule has 0 radical (unpaired) electrons. The van der Waals surface area contributed by atoms with Gasteiger partial charge in [-0.3, -0.25) is 4.79 Å². The Hall–Kier alpha value is -2.29. The van der Waals surface area contributed by atoms with Crippen molar-refractivity contribution in [3.05, 3.63) is 65.2 Å². The second-order valence-electron chi connectivity index (χ2n) is 4.26. The SMILES string of the molecule is Cc1ccc(C(=O)NCc2ccccc2)c(N)c1. The molecule has 3 nitrogen and oxygen atoms in total. The van der Waals surface area contributed by atoms with E-state index in [2.05, 4.69) is 5.32 Å². The smallest absolute Gasteiger partial charge is 0.253 e. The normalized spacial score (nSPS) is 10.1. The Kier molecular flexibility index (Phi) is 3.63. The molecule has 3 N–H and O–H groups in total. The summed E-state index contributed by atoms with van der Waals surface area (Å²) < 4.78 is 0. The molecule has 0 unspecified atom stereocenters. The number of benzene rings is 2. The number of carbonyl (C=O) groups excluding carboxylic acids is 1. The Morgan fingerprint density at radius 3 is 2.56 bits per heavy atom. The van der Waals surface area contributed by atoms with Crippen LogP contribution in [0.4, 0.5) is 5.69 Å². The van der Waals surface area contributed by atoms with Gasteiger partial charge in [0.15, 0.2) is 0 Å². The molecule has 0 aliphatic carbocycles. The number of rotatable bonds is 3. The van der Waals surface area contributed by atoms with Gasteiger partial charge in [0.25, 0.3) is 5.91 Å². The van der Waals surface area contributed by atoms with E-state index in [0.717, 1.165) is 11.1 Å². The molecule has 0 saturated carbocycles. The second kappa shape index (κ2) is 5.36. The van der Waals surface area contributed by atoms with Gasteiger partial charge in [-0.2, -0.15) is 0 Å². The molecule has 92 valence electrons. The van der Waals surface area contributed by atoms with Gasteiger partial charge in [0.1, 0.15) is 0 Å². The Morgan fingerprint density at radius 1 is 1.17 bits per heavy atom. The minimum Gasteiger partial charge on any atom is -0.398 e. The zero-order valence-electron chi connectivity index (χ0n) is 10.3. The summed E-state index contributed by atoms with van der Waals surface area (Å²) in [4.78, 5) is 12.0. The van der Waals surface area contributed by atoms with Crippen LogP contribution in [-0.4, -0.2) is 5.91 Å². The van der Waals surface area contributed by atoms with Gasteiger partial charge in [0.2, 0.25) is 0 Å². The standard InChI is InChI=1S/C15H16N2O/c1-11-7-8-13(14(16)9-11)15(18)17-10-12-5-3-2-4-6-12/h2-9H,10,16H2,1H3,(H,17,18). The van der Waals surface area contributed by atoms with Gasteiger partial charge < -0.3 is 11.1 Å². The highest BCUT2D eigenvalue weighted by Gasteiger charge is 2.08. The third-order valence-electron chi connectivity index (χ3n) is 2.75. The fourth-order valence-electron chi connectivity index (χ4n) is 1.76. The van der Waals surface area contributed by atoms with Crippen molar-refractivity contribution in [1.29, 1.82) is 0 Å². The van der Waals surface area contributed by atoms with Crippen molar-refractivity contribution in [2.45, 2.75) is 13.5 Å². The zero-order valence-corrected chi connectivity index (χ0v) is 10.3. The van der Waals surface area contributed by atoms with Crippen LogP contribution in [0, 0.1) is 6.92 Å². The molecule has 0 aliphatic heterocycles. The van der Waals surface area contributed by atoms with Crippen molar-refractivity contribution >= 4 is 11.6 Å². The highest BCUT2D eigenvalue weighted by atomic mass is 16.1. The van der Waals surface area contributed by atoms with Gasteiger partial charge in [-0.1, -0.05) is 36.4 Å². The molecule has 0 heterocycles. The molecule has 0 spiro atoms. The number of nitrogens with one attached hydrogen (secondary N) is 1. The van der Waals surface area contributed by atoms with E-state index >= 15 is 0 Å². The Labute approximate surface area is 107 Å². The number of amides is 1. The largest absolute Gasteiger partial charge is 0.398 e. The summed E-state index contributed by atoms with van der Waals surface area (Å²) in [5.74, 6) is -0.142. The van der Waals surface area contributed by atoms with Crippen LogP contribution >= 0.6 is 0 Å². The lowest BCUT2D eigenvalue weighted by atomic mass is 10.1. The summed E-state index contributed by atoms with van der Waals surface area (Å²) in [6.45, 7) is 2.45. The zero-order chi connectivity index (χ0) is 13.0. The highest BCUT2D eigenvalue weighted by Crippen LogP contribution is 2.13. The van der Waals surface area contributed by atoms with E-state index in [4.69, 9.17) is 5.73 Å². The summed E-state index contributed by atoms with van der Waals surface area (Å²) in [5.41, 5.74) is 8.98. The van der Waals surface area contributed by atoms with Crippen LogP contribution in [0.3, 0.4) is 0 Å². The maximum Gasteiger partial charge on any atom is 0.253 e. The topological polar surface area (TPSA) is 55.1 Å². The van der Waals surface area contributed by atoms with Gasteiger partial charge in [-0.05, 0) is 30.2 Å².